The Hall–Kier alpha value is -1.02. The highest BCUT2D eigenvalue weighted by atomic mass is 32.1. The molecule has 0 amide bonds. The molecule has 2 heteroatoms. The summed E-state index contributed by atoms with van der Waals surface area (Å²) in [6.45, 7) is 2.08. The maximum absolute atomic E-state index is 4.39. The number of fused-ring (bicyclic) bond motifs is 1. The average molecular weight is 217 g/mol. The number of aryl methyl sites for hydroxylation is 2. The van der Waals surface area contributed by atoms with Gasteiger partial charge in [0.25, 0.3) is 0 Å². The van der Waals surface area contributed by atoms with Gasteiger partial charge in [0.05, 0.1) is 5.52 Å². The molecule has 0 aliphatic heterocycles. The van der Waals surface area contributed by atoms with E-state index in [1.165, 1.54) is 16.5 Å². The molecule has 15 heavy (non-hydrogen) atoms. The smallest absolute Gasteiger partial charge is 0.0702 e. The summed E-state index contributed by atoms with van der Waals surface area (Å²) in [7, 11) is 0. The number of hydrogen-bond donors (Lipinski definition) is 1. The zero-order valence-electron chi connectivity index (χ0n) is 8.90. The summed E-state index contributed by atoms with van der Waals surface area (Å²) >= 11 is 4.23. The van der Waals surface area contributed by atoms with Crippen LogP contribution in [0.1, 0.15) is 17.5 Å². The Balaban J connectivity index is 2.36. The van der Waals surface area contributed by atoms with Crippen LogP contribution in [-0.2, 0) is 6.42 Å². The molecule has 0 aliphatic rings. The molecule has 0 atom stereocenters. The number of rotatable bonds is 3. The summed E-state index contributed by atoms with van der Waals surface area (Å²) in [5, 5.41) is 1.24. The van der Waals surface area contributed by atoms with Crippen LogP contribution in [0.3, 0.4) is 0 Å². The number of pyridine rings is 1. The largest absolute Gasteiger partial charge is 0.256 e. The molecule has 1 aromatic carbocycles. The lowest BCUT2D eigenvalue weighted by atomic mass is 10.1. The van der Waals surface area contributed by atoms with E-state index in [4.69, 9.17) is 0 Å². The molecule has 0 radical (unpaired) electrons. The molecule has 0 fully saturated rings. The first-order chi connectivity index (χ1) is 7.29. The molecular formula is C13H15NS. The van der Waals surface area contributed by atoms with Gasteiger partial charge in [0.1, 0.15) is 0 Å². The first kappa shape index (κ1) is 10.5. The fourth-order valence-corrected chi connectivity index (χ4v) is 1.89. The molecule has 1 heterocycles. The summed E-state index contributed by atoms with van der Waals surface area (Å²) < 4.78 is 0. The predicted octanol–water partition coefficient (Wildman–Crippen LogP) is 3.41. The Labute approximate surface area is 95.9 Å². The summed E-state index contributed by atoms with van der Waals surface area (Å²) in [5.41, 5.74) is 3.67. The van der Waals surface area contributed by atoms with Crippen LogP contribution < -0.4 is 0 Å². The van der Waals surface area contributed by atoms with Crippen molar-refractivity contribution in [2.24, 2.45) is 0 Å². The van der Waals surface area contributed by atoms with E-state index in [2.05, 4.69) is 48.8 Å². The molecule has 0 aliphatic carbocycles. The van der Waals surface area contributed by atoms with Crippen molar-refractivity contribution in [3.63, 3.8) is 0 Å². The van der Waals surface area contributed by atoms with Crippen molar-refractivity contribution in [3.05, 3.63) is 41.6 Å². The predicted molar refractivity (Wildman–Crippen MR) is 68.7 cm³/mol. The lowest BCUT2D eigenvalue weighted by molar-refractivity contribution is 0.938. The summed E-state index contributed by atoms with van der Waals surface area (Å²) in [6.07, 6.45) is 4.15. The zero-order chi connectivity index (χ0) is 10.7. The van der Waals surface area contributed by atoms with E-state index in [1.807, 2.05) is 6.20 Å². The topological polar surface area (TPSA) is 12.9 Å². The highest BCUT2D eigenvalue weighted by Crippen LogP contribution is 2.16. The van der Waals surface area contributed by atoms with Crippen molar-refractivity contribution in [1.82, 2.24) is 4.98 Å². The molecule has 2 rings (SSSR count). The molecule has 0 saturated carbocycles. The van der Waals surface area contributed by atoms with Crippen molar-refractivity contribution in [2.45, 2.75) is 19.8 Å². The van der Waals surface area contributed by atoms with Crippen LogP contribution in [-0.4, -0.2) is 10.7 Å². The van der Waals surface area contributed by atoms with Gasteiger partial charge >= 0.3 is 0 Å². The standard InChI is InChI=1S/C13H15NS/c1-10-7-12-8-11(3-2-6-15)4-5-13(12)14-9-10/h4-5,7-9,15H,2-3,6H2,1H3. The molecule has 1 nitrogen and oxygen atoms in total. The van der Waals surface area contributed by atoms with Crippen molar-refractivity contribution < 1.29 is 0 Å². The molecule has 0 unspecified atom stereocenters. The minimum Gasteiger partial charge on any atom is -0.256 e. The normalized spacial score (nSPS) is 10.8. The number of nitrogens with zero attached hydrogens (tertiary/aromatic N) is 1. The number of hydrogen-bond acceptors (Lipinski definition) is 2. The van der Waals surface area contributed by atoms with Gasteiger partial charge in [0.15, 0.2) is 0 Å². The minimum atomic E-state index is 0.949. The van der Waals surface area contributed by atoms with Crippen molar-refractivity contribution in [1.29, 1.82) is 0 Å². The Morgan fingerprint density at radius 3 is 2.93 bits per heavy atom. The summed E-state index contributed by atoms with van der Waals surface area (Å²) in [4.78, 5) is 4.39. The lowest BCUT2D eigenvalue weighted by Gasteiger charge is -2.03. The SMILES string of the molecule is Cc1cnc2ccc(CCCS)cc2c1. The fourth-order valence-electron chi connectivity index (χ4n) is 1.73. The van der Waals surface area contributed by atoms with Gasteiger partial charge in [-0.1, -0.05) is 6.07 Å². The van der Waals surface area contributed by atoms with Crippen LogP contribution in [0.5, 0.6) is 0 Å². The highest BCUT2D eigenvalue weighted by Gasteiger charge is 1.97. The van der Waals surface area contributed by atoms with Crippen LogP contribution in [0.2, 0.25) is 0 Å². The molecule has 0 saturated heterocycles. The van der Waals surface area contributed by atoms with E-state index >= 15 is 0 Å². The quantitative estimate of drug-likeness (QED) is 0.777. The van der Waals surface area contributed by atoms with Gasteiger partial charge in [-0.15, -0.1) is 0 Å². The van der Waals surface area contributed by atoms with Crippen molar-refractivity contribution in [3.8, 4) is 0 Å². The van der Waals surface area contributed by atoms with E-state index in [-0.39, 0.29) is 0 Å². The number of benzene rings is 1. The number of aromatic nitrogens is 1. The van der Waals surface area contributed by atoms with Crippen LogP contribution in [0.4, 0.5) is 0 Å². The van der Waals surface area contributed by atoms with Crippen LogP contribution in [0.25, 0.3) is 10.9 Å². The molecule has 0 spiro atoms. The van der Waals surface area contributed by atoms with Crippen LogP contribution in [0, 0.1) is 6.92 Å². The van der Waals surface area contributed by atoms with Gasteiger partial charge in [-0.3, -0.25) is 4.98 Å². The third-order valence-corrected chi connectivity index (χ3v) is 2.82. The molecular weight excluding hydrogens is 202 g/mol. The minimum absolute atomic E-state index is 0.949. The molecule has 2 aromatic rings. The second-order valence-corrected chi connectivity index (χ2v) is 4.31. The van der Waals surface area contributed by atoms with Gasteiger partial charge < -0.3 is 0 Å². The maximum atomic E-state index is 4.39. The lowest BCUT2D eigenvalue weighted by Crippen LogP contribution is -1.88. The maximum Gasteiger partial charge on any atom is 0.0702 e. The monoisotopic (exact) mass is 217 g/mol. The van der Waals surface area contributed by atoms with Crippen LogP contribution >= 0.6 is 12.6 Å². The van der Waals surface area contributed by atoms with E-state index in [0.717, 1.165) is 24.1 Å². The second-order valence-electron chi connectivity index (χ2n) is 3.87. The van der Waals surface area contributed by atoms with E-state index < -0.39 is 0 Å². The Morgan fingerprint density at radius 1 is 1.27 bits per heavy atom. The van der Waals surface area contributed by atoms with Crippen molar-refractivity contribution >= 4 is 23.5 Å². The molecule has 0 bridgehead atoms. The van der Waals surface area contributed by atoms with Crippen molar-refractivity contribution in [2.75, 3.05) is 5.75 Å². The van der Waals surface area contributed by atoms with Crippen LogP contribution in [0.15, 0.2) is 30.5 Å². The van der Waals surface area contributed by atoms with E-state index in [9.17, 15) is 0 Å². The van der Waals surface area contributed by atoms with Gasteiger partial charge in [0, 0.05) is 11.6 Å². The van der Waals surface area contributed by atoms with Gasteiger partial charge in [-0.2, -0.15) is 12.6 Å². The first-order valence-electron chi connectivity index (χ1n) is 5.26. The molecule has 78 valence electrons. The third kappa shape index (κ3) is 2.51. The Kier molecular flexibility index (Phi) is 3.27. The third-order valence-electron chi connectivity index (χ3n) is 2.51. The molecule has 1 aromatic heterocycles. The summed E-state index contributed by atoms with van der Waals surface area (Å²) in [6, 6.07) is 8.68. The fraction of sp³-hybridized carbons (Fsp3) is 0.308. The zero-order valence-corrected chi connectivity index (χ0v) is 9.80. The second kappa shape index (κ2) is 4.67. The Bertz CT molecular complexity index is 465. The van der Waals surface area contributed by atoms with E-state index in [1.54, 1.807) is 0 Å². The highest BCUT2D eigenvalue weighted by molar-refractivity contribution is 7.80. The Morgan fingerprint density at radius 2 is 2.13 bits per heavy atom. The first-order valence-corrected chi connectivity index (χ1v) is 5.89. The van der Waals surface area contributed by atoms with E-state index in [0.29, 0.717) is 0 Å². The number of thiol groups is 1. The van der Waals surface area contributed by atoms with Gasteiger partial charge in [-0.05, 0) is 54.8 Å². The van der Waals surface area contributed by atoms with Gasteiger partial charge in [0.2, 0.25) is 0 Å². The average Bonchev–Trinajstić information content (AvgIpc) is 2.25. The molecule has 0 N–H and O–H groups in total. The van der Waals surface area contributed by atoms with Gasteiger partial charge in [-0.25, -0.2) is 0 Å². The summed E-state index contributed by atoms with van der Waals surface area (Å²) in [5.74, 6) is 0.949.